The van der Waals surface area contributed by atoms with Crippen LogP contribution in [0.4, 0.5) is 0 Å². The third-order valence-electron chi connectivity index (χ3n) is 3.73. The van der Waals surface area contributed by atoms with Crippen LogP contribution in [0.1, 0.15) is 37.4 Å². The van der Waals surface area contributed by atoms with E-state index in [9.17, 15) is 5.11 Å². The summed E-state index contributed by atoms with van der Waals surface area (Å²) in [6.45, 7) is 2.43. The lowest BCUT2D eigenvalue weighted by Crippen LogP contribution is -2.07. The van der Waals surface area contributed by atoms with E-state index >= 15 is 0 Å². The first kappa shape index (κ1) is 17.7. The molecule has 2 rings (SSSR count). The van der Waals surface area contributed by atoms with Crippen molar-refractivity contribution in [2.75, 3.05) is 26.4 Å². The number of allylic oxidation sites excluding steroid dienone is 2. The summed E-state index contributed by atoms with van der Waals surface area (Å²) in [7, 11) is 0. The molecule has 0 fully saturated rings. The molecule has 4 heteroatoms. The number of benzene rings is 1. The predicted octanol–water partition coefficient (Wildman–Crippen LogP) is 3.13. The van der Waals surface area contributed by atoms with Gasteiger partial charge in [0, 0.05) is 6.42 Å². The van der Waals surface area contributed by atoms with Crippen LogP contribution in [-0.4, -0.2) is 31.5 Å². The van der Waals surface area contributed by atoms with E-state index in [0.717, 1.165) is 30.6 Å². The number of aliphatic hydroxyl groups excluding tert-OH is 1. The summed E-state index contributed by atoms with van der Waals surface area (Å²) in [4.78, 5) is 0. The minimum absolute atomic E-state index is 0.467. The molecule has 1 unspecified atom stereocenters. The number of nitrogens with two attached hydrogens (primary N) is 1. The lowest BCUT2D eigenvalue weighted by Gasteiger charge is -2.12. The second-order valence-corrected chi connectivity index (χ2v) is 5.68. The predicted molar refractivity (Wildman–Crippen MR) is 92.5 cm³/mol. The molecule has 0 bridgehead atoms. The van der Waals surface area contributed by atoms with E-state index in [1.165, 1.54) is 5.57 Å². The summed E-state index contributed by atoms with van der Waals surface area (Å²) in [6, 6.07) is 7.56. The van der Waals surface area contributed by atoms with Crippen LogP contribution >= 0.6 is 0 Å². The molecule has 0 heterocycles. The van der Waals surface area contributed by atoms with E-state index in [2.05, 4.69) is 18.2 Å². The van der Waals surface area contributed by atoms with Gasteiger partial charge in [-0.3, -0.25) is 0 Å². The van der Waals surface area contributed by atoms with E-state index in [1.807, 2.05) is 24.3 Å². The standard InChI is InChI=1S/C19H27NO3/c20-11-10-19(21)17-8-4-9-18(14-17)23-13-5-12-22-15-16-6-2-1-3-7-16/h2,4,6-9,14,19,21H,1,3,5,10-13,15,20H2. The number of rotatable bonds is 10. The summed E-state index contributed by atoms with van der Waals surface area (Å²) in [6.07, 6.45) is 9.68. The second kappa shape index (κ2) is 10.2. The van der Waals surface area contributed by atoms with Gasteiger partial charge in [0.25, 0.3) is 0 Å². The van der Waals surface area contributed by atoms with Crippen molar-refractivity contribution in [2.24, 2.45) is 5.73 Å². The van der Waals surface area contributed by atoms with Gasteiger partial charge in [-0.15, -0.1) is 0 Å². The van der Waals surface area contributed by atoms with Crippen molar-refractivity contribution in [3.05, 3.63) is 53.6 Å². The lowest BCUT2D eigenvalue weighted by molar-refractivity contribution is 0.139. The van der Waals surface area contributed by atoms with Crippen molar-refractivity contribution in [2.45, 2.75) is 31.8 Å². The molecule has 23 heavy (non-hydrogen) atoms. The normalized spacial score (nSPS) is 15.3. The fraction of sp³-hybridized carbons (Fsp3) is 0.474. The van der Waals surface area contributed by atoms with Gasteiger partial charge < -0.3 is 20.3 Å². The van der Waals surface area contributed by atoms with Crippen LogP contribution in [0.5, 0.6) is 5.75 Å². The maximum atomic E-state index is 9.94. The van der Waals surface area contributed by atoms with Gasteiger partial charge in [-0.25, -0.2) is 0 Å². The topological polar surface area (TPSA) is 64.7 Å². The van der Waals surface area contributed by atoms with E-state index in [0.29, 0.717) is 32.8 Å². The summed E-state index contributed by atoms with van der Waals surface area (Å²) < 4.78 is 11.4. The van der Waals surface area contributed by atoms with Crippen molar-refractivity contribution in [1.82, 2.24) is 0 Å². The molecule has 3 N–H and O–H groups in total. The van der Waals surface area contributed by atoms with Crippen LogP contribution in [0.25, 0.3) is 0 Å². The fourth-order valence-corrected chi connectivity index (χ4v) is 2.45. The van der Waals surface area contributed by atoms with E-state index in [4.69, 9.17) is 15.2 Å². The Bertz CT molecular complexity index is 525. The third-order valence-corrected chi connectivity index (χ3v) is 3.73. The molecule has 0 aromatic heterocycles. The summed E-state index contributed by atoms with van der Waals surface area (Å²) in [5.74, 6) is 0.775. The highest BCUT2D eigenvalue weighted by Crippen LogP contribution is 2.21. The molecule has 0 saturated carbocycles. The van der Waals surface area contributed by atoms with Crippen molar-refractivity contribution in [3.63, 3.8) is 0 Å². The molecular formula is C19H27NO3. The Hall–Kier alpha value is -1.62. The highest BCUT2D eigenvalue weighted by molar-refractivity contribution is 5.29. The molecule has 1 aromatic rings. The number of hydrogen-bond acceptors (Lipinski definition) is 4. The molecule has 0 radical (unpaired) electrons. The van der Waals surface area contributed by atoms with Crippen LogP contribution in [-0.2, 0) is 4.74 Å². The van der Waals surface area contributed by atoms with Gasteiger partial charge in [0.1, 0.15) is 5.75 Å². The molecular weight excluding hydrogens is 290 g/mol. The SMILES string of the molecule is NCCC(O)c1cccc(OCCCOCC2=CCCC=C2)c1. The average Bonchev–Trinajstić information content (AvgIpc) is 2.59. The van der Waals surface area contributed by atoms with E-state index in [1.54, 1.807) is 0 Å². The smallest absolute Gasteiger partial charge is 0.119 e. The molecule has 0 saturated heterocycles. The van der Waals surface area contributed by atoms with E-state index in [-0.39, 0.29) is 0 Å². The number of hydrogen-bond donors (Lipinski definition) is 2. The summed E-state index contributed by atoms with van der Waals surface area (Å²) in [5, 5.41) is 9.94. The van der Waals surface area contributed by atoms with Crippen LogP contribution in [0, 0.1) is 0 Å². The minimum atomic E-state index is -0.524. The van der Waals surface area contributed by atoms with Crippen LogP contribution in [0.3, 0.4) is 0 Å². The van der Waals surface area contributed by atoms with Crippen molar-refractivity contribution < 1.29 is 14.6 Å². The van der Waals surface area contributed by atoms with Gasteiger partial charge in [-0.1, -0.05) is 30.4 Å². The number of aliphatic hydroxyl groups is 1. The van der Waals surface area contributed by atoms with Gasteiger partial charge in [-0.05, 0) is 49.1 Å². The van der Waals surface area contributed by atoms with Crippen molar-refractivity contribution in [3.8, 4) is 5.75 Å². The van der Waals surface area contributed by atoms with Gasteiger partial charge in [0.05, 0.1) is 25.9 Å². The Labute approximate surface area is 138 Å². The maximum absolute atomic E-state index is 9.94. The highest BCUT2D eigenvalue weighted by Gasteiger charge is 2.07. The largest absolute Gasteiger partial charge is 0.493 e. The molecule has 0 aliphatic heterocycles. The molecule has 1 aliphatic rings. The maximum Gasteiger partial charge on any atom is 0.119 e. The Balaban J connectivity index is 1.63. The Morgan fingerprint density at radius 3 is 2.91 bits per heavy atom. The molecule has 1 atom stereocenters. The lowest BCUT2D eigenvalue weighted by atomic mass is 10.1. The Kier molecular flexibility index (Phi) is 7.87. The first-order chi connectivity index (χ1) is 11.3. The Morgan fingerprint density at radius 2 is 2.13 bits per heavy atom. The van der Waals surface area contributed by atoms with Gasteiger partial charge in [-0.2, -0.15) is 0 Å². The molecule has 1 aliphatic carbocycles. The number of ether oxygens (including phenoxy) is 2. The van der Waals surface area contributed by atoms with Gasteiger partial charge in [0.15, 0.2) is 0 Å². The quantitative estimate of drug-likeness (QED) is 0.651. The zero-order valence-corrected chi connectivity index (χ0v) is 13.6. The molecule has 126 valence electrons. The second-order valence-electron chi connectivity index (χ2n) is 5.68. The highest BCUT2D eigenvalue weighted by atomic mass is 16.5. The third kappa shape index (κ3) is 6.57. The van der Waals surface area contributed by atoms with Crippen LogP contribution < -0.4 is 10.5 Å². The average molecular weight is 317 g/mol. The van der Waals surface area contributed by atoms with Gasteiger partial charge in [0.2, 0.25) is 0 Å². The summed E-state index contributed by atoms with van der Waals surface area (Å²) >= 11 is 0. The van der Waals surface area contributed by atoms with Crippen molar-refractivity contribution in [1.29, 1.82) is 0 Å². The van der Waals surface area contributed by atoms with Crippen molar-refractivity contribution >= 4 is 0 Å². The Morgan fingerprint density at radius 1 is 1.22 bits per heavy atom. The zero-order chi connectivity index (χ0) is 16.3. The van der Waals surface area contributed by atoms with E-state index < -0.39 is 6.10 Å². The monoisotopic (exact) mass is 317 g/mol. The molecule has 0 spiro atoms. The first-order valence-corrected chi connectivity index (χ1v) is 8.34. The zero-order valence-electron chi connectivity index (χ0n) is 13.6. The molecule has 1 aromatic carbocycles. The molecule has 0 amide bonds. The minimum Gasteiger partial charge on any atom is -0.493 e. The molecule has 4 nitrogen and oxygen atoms in total. The van der Waals surface area contributed by atoms with Gasteiger partial charge >= 0.3 is 0 Å². The van der Waals surface area contributed by atoms with Crippen LogP contribution in [0.15, 0.2) is 48.1 Å². The summed E-state index contributed by atoms with van der Waals surface area (Å²) in [5.41, 5.74) is 7.58. The van der Waals surface area contributed by atoms with Crippen LogP contribution in [0.2, 0.25) is 0 Å². The fourth-order valence-electron chi connectivity index (χ4n) is 2.45. The first-order valence-electron chi connectivity index (χ1n) is 8.34.